The van der Waals surface area contributed by atoms with Crippen molar-refractivity contribution < 1.29 is 5.11 Å². The zero-order valence-electron chi connectivity index (χ0n) is 11.9. The van der Waals surface area contributed by atoms with E-state index in [4.69, 9.17) is 0 Å². The number of para-hydroxylation sites is 2. The molecule has 3 rings (SSSR count). The molecular formula is C16H14N4O2. The SMILES string of the molecule is Cc1[nH]n(-c2ccccc2)c(=O)c1/N=N/c1ccccc1O. The summed E-state index contributed by atoms with van der Waals surface area (Å²) in [7, 11) is 0. The molecule has 0 saturated carbocycles. The Kier molecular flexibility index (Phi) is 3.57. The van der Waals surface area contributed by atoms with Gasteiger partial charge in [-0.05, 0) is 31.2 Å². The van der Waals surface area contributed by atoms with Gasteiger partial charge in [-0.25, -0.2) is 4.68 Å². The van der Waals surface area contributed by atoms with Crippen molar-refractivity contribution >= 4 is 11.4 Å². The summed E-state index contributed by atoms with van der Waals surface area (Å²) in [6.07, 6.45) is 0. The van der Waals surface area contributed by atoms with Gasteiger partial charge in [-0.3, -0.25) is 9.89 Å². The van der Waals surface area contributed by atoms with E-state index < -0.39 is 0 Å². The minimum atomic E-state index is -0.289. The maximum absolute atomic E-state index is 12.4. The first-order chi connectivity index (χ1) is 10.7. The smallest absolute Gasteiger partial charge is 0.299 e. The molecule has 0 amide bonds. The zero-order chi connectivity index (χ0) is 15.5. The van der Waals surface area contributed by atoms with Gasteiger partial charge in [-0.2, -0.15) is 0 Å². The Morgan fingerprint density at radius 1 is 1.00 bits per heavy atom. The molecule has 0 aliphatic carbocycles. The van der Waals surface area contributed by atoms with E-state index in [1.807, 2.05) is 30.3 Å². The molecule has 1 heterocycles. The molecule has 22 heavy (non-hydrogen) atoms. The number of hydrogen-bond acceptors (Lipinski definition) is 4. The number of nitrogens with zero attached hydrogens (tertiary/aromatic N) is 3. The van der Waals surface area contributed by atoms with Gasteiger partial charge in [0.1, 0.15) is 11.4 Å². The Labute approximate surface area is 126 Å². The Balaban J connectivity index is 2.01. The highest BCUT2D eigenvalue weighted by atomic mass is 16.3. The quantitative estimate of drug-likeness (QED) is 0.723. The van der Waals surface area contributed by atoms with E-state index in [2.05, 4.69) is 15.3 Å². The second kappa shape index (κ2) is 5.69. The number of aromatic nitrogens is 2. The number of nitrogens with one attached hydrogen (secondary N) is 1. The van der Waals surface area contributed by atoms with E-state index in [0.717, 1.165) is 5.69 Å². The molecule has 110 valence electrons. The van der Waals surface area contributed by atoms with Crippen molar-refractivity contribution in [2.75, 3.05) is 0 Å². The average molecular weight is 294 g/mol. The molecular weight excluding hydrogens is 280 g/mol. The molecule has 6 nitrogen and oxygen atoms in total. The first-order valence-corrected chi connectivity index (χ1v) is 6.73. The number of hydrogen-bond donors (Lipinski definition) is 2. The van der Waals surface area contributed by atoms with Crippen LogP contribution in [0.1, 0.15) is 5.69 Å². The van der Waals surface area contributed by atoms with Crippen LogP contribution in [0.4, 0.5) is 11.4 Å². The van der Waals surface area contributed by atoms with E-state index in [9.17, 15) is 9.90 Å². The molecule has 0 radical (unpaired) electrons. The van der Waals surface area contributed by atoms with Crippen LogP contribution in [0.5, 0.6) is 5.75 Å². The van der Waals surface area contributed by atoms with Crippen molar-refractivity contribution in [3.8, 4) is 11.4 Å². The zero-order valence-corrected chi connectivity index (χ0v) is 11.9. The molecule has 0 bridgehead atoms. The molecule has 3 aromatic rings. The highest BCUT2D eigenvalue weighted by Gasteiger charge is 2.12. The summed E-state index contributed by atoms with van der Waals surface area (Å²) in [5.74, 6) is 0.0165. The third kappa shape index (κ3) is 2.54. The summed E-state index contributed by atoms with van der Waals surface area (Å²) in [6, 6.07) is 15.8. The van der Waals surface area contributed by atoms with Crippen molar-refractivity contribution in [1.82, 2.24) is 9.78 Å². The van der Waals surface area contributed by atoms with E-state index >= 15 is 0 Å². The highest BCUT2D eigenvalue weighted by Crippen LogP contribution is 2.27. The topological polar surface area (TPSA) is 82.7 Å². The van der Waals surface area contributed by atoms with Crippen LogP contribution in [-0.4, -0.2) is 14.9 Å². The van der Waals surface area contributed by atoms with Crippen LogP contribution in [0.2, 0.25) is 0 Å². The number of H-pyrrole nitrogens is 1. The molecule has 0 aliphatic rings. The summed E-state index contributed by atoms with van der Waals surface area (Å²) < 4.78 is 1.41. The number of phenolic OH excluding ortho intramolecular Hbond substituents is 1. The van der Waals surface area contributed by atoms with Crippen LogP contribution in [0.15, 0.2) is 69.6 Å². The fraction of sp³-hybridized carbons (Fsp3) is 0.0625. The number of phenols is 1. The number of azo groups is 1. The van der Waals surface area contributed by atoms with Gasteiger partial charge in [0.2, 0.25) is 0 Å². The van der Waals surface area contributed by atoms with E-state index in [-0.39, 0.29) is 17.0 Å². The fourth-order valence-electron chi connectivity index (χ4n) is 2.07. The molecule has 0 unspecified atom stereocenters. The number of rotatable bonds is 3. The molecule has 1 aromatic heterocycles. The highest BCUT2D eigenvalue weighted by molar-refractivity contribution is 5.51. The first-order valence-electron chi connectivity index (χ1n) is 6.73. The minimum absolute atomic E-state index is 0.0165. The maximum Gasteiger partial charge on any atom is 0.299 e. The van der Waals surface area contributed by atoms with Crippen LogP contribution in [0, 0.1) is 6.92 Å². The largest absolute Gasteiger partial charge is 0.506 e. The molecule has 0 saturated heterocycles. The summed E-state index contributed by atoms with van der Waals surface area (Å²) >= 11 is 0. The van der Waals surface area contributed by atoms with Crippen molar-refractivity contribution in [2.45, 2.75) is 6.92 Å². The number of aromatic amines is 1. The van der Waals surface area contributed by atoms with Crippen molar-refractivity contribution in [3.05, 3.63) is 70.6 Å². The standard InChI is InChI=1S/C16H14N4O2/c1-11-15(18-17-13-9-5-6-10-14(13)21)16(22)20(19-11)12-7-3-2-4-8-12/h2-10,19,21H,1H3/b18-17+. The molecule has 0 spiro atoms. The normalized spacial score (nSPS) is 11.1. The van der Waals surface area contributed by atoms with Gasteiger partial charge >= 0.3 is 0 Å². The van der Waals surface area contributed by atoms with Gasteiger partial charge < -0.3 is 5.11 Å². The lowest BCUT2D eigenvalue weighted by Crippen LogP contribution is -2.13. The minimum Gasteiger partial charge on any atom is -0.506 e. The molecule has 2 N–H and O–H groups in total. The van der Waals surface area contributed by atoms with Crippen LogP contribution in [0.25, 0.3) is 5.69 Å². The Morgan fingerprint density at radius 3 is 2.41 bits per heavy atom. The van der Waals surface area contributed by atoms with Gasteiger partial charge in [0.25, 0.3) is 5.56 Å². The Morgan fingerprint density at radius 2 is 1.68 bits per heavy atom. The summed E-state index contributed by atoms with van der Waals surface area (Å²) in [5, 5.41) is 20.6. The number of benzene rings is 2. The van der Waals surface area contributed by atoms with E-state index in [0.29, 0.717) is 11.4 Å². The fourth-order valence-corrected chi connectivity index (χ4v) is 2.07. The maximum atomic E-state index is 12.4. The van der Waals surface area contributed by atoms with Crippen LogP contribution < -0.4 is 5.56 Å². The van der Waals surface area contributed by atoms with Crippen LogP contribution >= 0.6 is 0 Å². The van der Waals surface area contributed by atoms with Gasteiger partial charge in [0, 0.05) is 0 Å². The van der Waals surface area contributed by atoms with Gasteiger partial charge in [0.15, 0.2) is 5.69 Å². The summed E-state index contributed by atoms with van der Waals surface area (Å²) in [4.78, 5) is 12.4. The van der Waals surface area contributed by atoms with Gasteiger partial charge in [-0.1, -0.05) is 30.3 Å². The third-order valence-electron chi connectivity index (χ3n) is 3.19. The van der Waals surface area contributed by atoms with E-state index in [1.54, 1.807) is 25.1 Å². The lowest BCUT2D eigenvalue weighted by Gasteiger charge is -1.99. The van der Waals surface area contributed by atoms with Crippen molar-refractivity contribution in [3.63, 3.8) is 0 Å². The number of aryl methyl sites for hydroxylation is 1. The Bertz CT molecular complexity index is 879. The first kappa shape index (κ1) is 13.8. The molecule has 0 fully saturated rings. The van der Waals surface area contributed by atoms with Crippen LogP contribution in [0.3, 0.4) is 0 Å². The second-order valence-corrected chi connectivity index (χ2v) is 4.75. The Hall–Kier alpha value is -3.15. The lowest BCUT2D eigenvalue weighted by molar-refractivity contribution is 0.476. The van der Waals surface area contributed by atoms with Gasteiger partial charge in [-0.15, -0.1) is 10.2 Å². The second-order valence-electron chi connectivity index (χ2n) is 4.75. The van der Waals surface area contributed by atoms with Crippen molar-refractivity contribution in [1.29, 1.82) is 0 Å². The molecule has 6 heteroatoms. The van der Waals surface area contributed by atoms with Crippen LogP contribution in [-0.2, 0) is 0 Å². The van der Waals surface area contributed by atoms with Crippen molar-refractivity contribution in [2.24, 2.45) is 10.2 Å². The monoisotopic (exact) mass is 294 g/mol. The molecule has 0 aliphatic heterocycles. The predicted octanol–water partition coefficient (Wildman–Crippen LogP) is 3.60. The number of aromatic hydroxyl groups is 1. The summed E-state index contributed by atoms with van der Waals surface area (Å²) in [5.41, 5.74) is 1.57. The van der Waals surface area contributed by atoms with Gasteiger partial charge in [0.05, 0.1) is 11.4 Å². The average Bonchev–Trinajstić information content (AvgIpc) is 2.82. The lowest BCUT2D eigenvalue weighted by atomic mass is 10.3. The molecule has 2 aromatic carbocycles. The molecule has 0 atom stereocenters. The summed E-state index contributed by atoms with van der Waals surface area (Å²) in [6.45, 7) is 1.75. The third-order valence-corrected chi connectivity index (χ3v) is 3.19. The van der Waals surface area contributed by atoms with E-state index in [1.165, 1.54) is 10.7 Å². The predicted molar refractivity (Wildman–Crippen MR) is 83.4 cm³/mol.